The lowest BCUT2D eigenvalue weighted by Crippen LogP contribution is -2.57. The van der Waals surface area contributed by atoms with Crippen LogP contribution >= 0.6 is 0 Å². The quantitative estimate of drug-likeness (QED) is 0.305. The van der Waals surface area contributed by atoms with Crippen LogP contribution in [-0.2, 0) is 0 Å². The van der Waals surface area contributed by atoms with Crippen molar-refractivity contribution < 1.29 is 14.7 Å². The Morgan fingerprint density at radius 3 is 1.40 bits per heavy atom. The second-order valence-electron chi connectivity index (χ2n) is 6.52. The lowest BCUT2D eigenvalue weighted by molar-refractivity contribution is -0.990. The van der Waals surface area contributed by atoms with Gasteiger partial charge in [0.1, 0.15) is 0 Å². The molecule has 0 saturated heterocycles. The Labute approximate surface area is 126 Å². The predicted molar refractivity (Wildman–Crippen MR) is 86.3 cm³/mol. The minimum absolute atomic E-state index is 0.344. The van der Waals surface area contributed by atoms with Crippen molar-refractivity contribution in [2.24, 2.45) is 0 Å². The molecule has 0 aliphatic rings. The first-order valence-electron chi connectivity index (χ1n) is 8.66. The molecule has 0 spiro atoms. The Morgan fingerprint density at radius 1 is 0.700 bits per heavy atom. The SMILES string of the molecule is CCCCCCCCCCCC[N+](C)(C(C)O)C(C)O. The highest BCUT2D eigenvalue weighted by atomic mass is 16.3. The van der Waals surface area contributed by atoms with Crippen molar-refractivity contribution in [1.29, 1.82) is 0 Å². The fraction of sp³-hybridized carbons (Fsp3) is 1.00. The van der Waals surface area contributed by atoms with Gasteiger partial charge in [-0.25, -0.2) is 0 Å². The van der Waals surface area contributed by atoms with Gasteiger partial charge in [-0.1, -0.05) is 58.3 Å². The molecular formula is C17H38NO2+. The number of rotatable bonds is 13. The Hall–Kier alpha value is -0.120. The van der Waals surface area contributed by atoms with Crippen LogP contribution in [0.5, 0.6) is 0 Å². The molecule has 3 heteroatoms. The number of hydrogen-bond donors (Lipinski definition) is 2. The molecule has 0 amide bonds. The highest BCUT2D eigenvalue weighted by molar-refractivity contribution is 4.49. The van der Waals surface area contributed by atoms with E-state index in [0.29, 0.717) is 4.48 Å². The van der Waals surface area contributed by atoms with E-state index in [9.17, 15) is 10.2 Å². The zero-order valence-corrected chi connectivity index (χ0v) is 14.3. The lowest BCUT2D eigenvalue weighted by Gasteiger charge is -2.39. The number of aliphatic hydroxyl groups is 2. The third-order valence-electron chi connectivity index (χ3n) is 4.70. The van der Waals surface area contributed by atoms with Crippen LogP contribution in [0.4, 0.5) is 0 Å². The second-order valence-corrected chi connectivity index (χ2v) is 6.52. The Morgan fingerprint density at radius 2 is 1.05 bits per heavy atom. The molecule has 122 valence electrons. The maximum Gasteiger partial charge on any atom is 0.189 e. The highest BCUT2D eigenvalue weighted by Gasteiger charge is 2.31. The number of nitrogens with zero attached hydrogens (tertiary/aromatic N) is 1. The molecule has 0 radical (unpaired) electrons. The third kappa shape index (κ3) is 8.23. The number of aliphatic hydroxyl groups excluding tert-OH is 2. The second kappa shape index (κ2) is 11.5. The van der Waals surface area contributed by atoms with Crippen LogP contribution in [0.25, 0.3) is 0 Å². The van der Waals surface area contributed by atoms with Crippen molar-refractivity contribution in [3.8, 4) is 0 Å². The Balaban J connectivity index is 3.51. The molecule has 0 bridgehead atoms. The monoisotopic (exact) mass is 288 g/mol. The van der Waals surface area contributed by atoms with Crippen LogP contribution in [0.2, 0.25) is 0 Å². The first-order chi connectivity index (χ1) is 9.45. The standard InChI is InChI=1S/C17H38NO2/c1-5-6-7-8-9-10-11-12-13-14-15-18(4,16(2)19)17(3)20/h16-17,19-20H,5-15H2,1-4H3/q+1. The van der Waals surface area contributed by atoms with Crippen LogP contribution in [0.15, 0.2) is 0 Å². The van der Waals surface area contributed by atoms with E-state index in [1.807, 2.05) is 7.05 Å². The molecule has 2 atom stereocenters. The van der Waals surface area contributed by atoms with E-state index in [4.69, 9.17) is 0 Å². The van der Waals surface area contributed by atoms with Gasteiger partial charge >= 0.3 is 0 Å². The zero-order valence-electron chi connectivity index (χ0n) is 14.3. The van der Waals surface area contributed by atoms with E-state index < -0.39 is 12.5 Å². The van der Waals surface area contributed by atoms with E-state index in [1.54, 1.807) is 13.8 Å². The minimum Gasteiger partial charge on any atom is -0.345 e. The summed E-state index contributed by atoms with van der Waals surface area (Å²) in [6.07, 6.45) is 12.2. The summed E-state index contributed by atoms with van der Waals surface area (Å²) in [5.74, 6) is 0. The van der Waals surface area contributed by atoms with Gasteiger partial charge in [-0.05, 0) is 12.8 Å². The summed E-state index contributed by atoms with van der Waals surface area (Å²) in [5, 5.41) is 19.6. The number of quaternary nitrogens is 1. The fourth-order valence-electron chi connectivity index (χ4n) is 2.63. The van der Waals surface area contributed by atoms with Crippen LogP contribution in [-0.4, -0.2) is 40.7 Å². The summed E-state index contributed by atoms with van der Waals surface area (Å²) in [6, 6.07) is 0. The van der Waals surface area contributed by atoms with Gasteiger partial charge in [-0.2, -0.15) is 0 Å². The molecule has 3 nitrogen and oxygen atoms in total. The van der Waals surface area contributed by atoms with Crippen molar-refractivity contribution in [2.45, 2.75) is 97.4 Å². The first kappa shape index (κ1) is 19.9. The van der Waals surface area contributed by atoms with Crippen LogP contribution in [0.1, 0.15) is 85.0 Å². The van der Waals surface area contributed by atoms with E-state index in [-0.39, 0.29) is 0 Å². The van der Waals surface area contributed by atoms with Gasteiger partial charge in [-0.3, -0.25) is 4.48 Å². The topological polar surface area (TPSA) is 40.5 Å². The summed E-state index contributed by atoms with van der Waals surface area (Å²) >= 11 is 0. The fourth-order valence-corrected chi connectivity index (χ4v) is 2.63. The lowest BCUT2D eigenvalue weighted by atomic mass is 10.1. The van der Waals surface area contributed by atoms with Crippen molar-refractivity contribution in [2.75, 3.05) is 13.6 Å². The molecule has 0 aromatic heterocycles. The molecule has 2 N–H and O–H groups in total. The molecule has 0 heterocycles. The van der Waals surface area contributed by atoms with Crippen LogP contribution in [0.3, 0.4) is 0 Å². The summed E-state index contributed by atoms with van der Waals surface area (Å²) in [6.45, 7) is 6.64. The molecule has 2 unspecified atom stereocenters. The molecule has 0 aliphatic heterocycles. The average molecular weight is 288 g/mol. The van der Waals surface area contributed by atoms with Gasteiger partial charge in [0, 0.05) is 13.8 Å². The average Bonchev–Trinajstić information content (AvgIpc) is 2.40. The minimum atomic E-state index is -0.506. The van der Waals surface area contributed by atoms with Crippen molar-refractivity contribution >= 4 is 0 Å². The number of hydrogen-bond acceptors (Lipinski definition) is 2. The van der Waals surface area contributed by atoms with Gasteiger partial charge in [0.05, 0.1) is 13.6 Å². The highest BCUT2D eigenvalue weighted by Crippen LogP contribution is 2.16. The molecule has 20 heavy (non-hydrogen) atoms. The normalized spacial score (nSPS) is 17.7. The van der Waals surface area contributed by atoms with E-state index in [1.165, 1.54) is 57.8 Å². The smallest absolute Gasteiger partial charge is 0.189 e. The van der Waals surface area contributed by atoms with Gasteiger partial charge in [-0.15, -0.1) is 0 Å². The molecular weight excluding hydrogens is 250 g/mol. The van der Waals surface area contributed by atoms with Crippen molar-refractivity contribution in [3.63, 3.8) is 0 Å². The Bertz CT molecular complexity index is 209. The molecule has 0 aliphatic carbocycles. The van der Waals surface area contributed by atoms with Gasteiger partial charge in [0.25, 0.3) is 0 Å². The van der Waals surface area contributed by atoms with E-state index in [2.05, 4.69) is 6.92 Å². The van der Waals surface area contributed by atoms with E-state index in [0.717, 1.165) is 13.0 Å². The molecule has 0 aromatic rings. The van der Waals surface area contributed by atoms with Gasteiger partial charge in [0.2, 0.25) is 0 Å². The maximum absolute atomic E-state index is 9.80. The third-order valence-corrected chi connectivity index (χ3v) is 4.70. The molecule has 0 saturated carbocycles. The molecule has 0 fully saturated rings. The van der Waals surface area contributed by atoms with Crippen molar-refractivity contribution in [1.82, 2.24) is 0 Å². The predicted octanol–water partition coefficient (Wildman–Crippen LogP) is 4.03. The summed E-state index contributed by atoms with van der Waals surface area (Å²) in [4.78, 5) is 0. The summed E-state index contributed by atoms with van der Waals surface area (Å²) in [7, 11) is 1.93. The van der Waals surface area contributed by atoms with E-state index >= 15 is 0 Å². The molecule has 0 aromatic carbocycles. The van der Waals surface area contributed by atoms with Crippen LogP contribution in [0, 0.1) is 0 Å². The largest absolute Gasteiger partial charge is 0.345 e. The van der Waals surface area contributed by atoms with Gasteiger partial charge < -0.3 is 10.2 Å². The first-order valence-corrected chi connectivity index (χ1v) is 8.66. The maximum atomic E-state index is 9.80. The summed E-state index contributed by atoms with van der Waals surface area (Å²) < 4.78 is 0.344. The Kier molecular flexibility index (Phi) is 11.5. The zero-order chi connectivity index (χ0) is 15.4. The van der Waals surface area contributed by atoms with Crippen molar-refractivity contribution in [3.05, 3.63) is 0 Å². The number of unbranched alkanes of at least 4 members (excludes halogenated alkanes) is 9. The molecule has 0 rings (SSSR count). The summed E-state index contributed by atoms with van der Waals surface area (Å²) in [5.41, 5.74) is 0. The van der Waals surface area contributed by atoms with Crippen LogP contribution < -0.4 is 0 Å². The van der Waals surface area contributed by atoms with Gasteiger partial charge in [0.15, 0.2) is 12.5 Å².